The Morgan fingerprint density at radius 2 is 1.79 bits per heavy atom. The molecule has 2 heterocycles. The molecule has 1 aromatic carbocycles. The Bertz CT molecular complexity index is 1040. The topological polar surface area (TPSA) is 68.5 Å². The first-order valence-corrected chi connectivity index (χ1v) is 9.32. The van der Waals surface area contributed by atoms with E-state index in [1.165, 1.54) is 10.5 Å². The average Bonchev–Trinajstić information content (AvgIpc) is 2.54. The van der Waals surface area contributed by atoms with Crippen LogP contribution in [-0.4, -0.2) is 17.8 Å². The van der Waals surface area contributed by atoms with Crippen LogP contribution in [0.1, 0.15) is 31.0 Å². The first kappa shape index (κ1) is 16.4. The van der Waals surface area contributed by atoms with E-state index in [1.54, 1.807) is 36.5 Å². The molecule has 6 heteroatoms. The molecule has 0 N–H and O–H groups in total. The van der Waals surface area contributed by atoms with Crippen molar-refractivity contribution in [2.24, 2.45) is 0 Å². The van der Waals surface area contributed by atoms with Gasteiger partial charge in [-0.2, -0.15) is 0 Å². The van der Waals surface area contributed by atoms with Crippen LogP contribution in [0.15, 0.2) is 64.4 Å². The minimum absolute atomic E-state index is 0.238. The summed E-state index contributed by atoms with van der Waals surface area (Å²) in [7, 11) is -3.55. The zero-order valence-electron chi connectivity index (χ0n) is 13.5. The summed E-state index contributed by atoms with van der Waals surface area (Å²) < 4.78 is 26.5. The van der Waals surface area contributed by atoms with Crippen molar-refractivity contribution in [2.75, 3.05) is 0 Å². The second-order valence-electron chi connectivity index (χ2n) is 6.00. The van der Waals surface area contributed by atoms with Gasteiger partial charge in [-0.05, 0) is 35.7 Å². The van der Waals surface area contributed by atoms with E-state index >= 15 is 0 Å². The molecule has 0 aliphatic heterocycles. The maximum atomic E-state index is 12.6. The molecule has 0 spiro atoms. The van der Waals surface area contributed by atoms with E-state index in [-0.39, 0.29) is 21.9 Å². The molecule has 0 bridgehead atoms. The molecular formula is C18H18N2O3S. The van der Waals surface area contributed by atoms with Gasteiger partial charge in [0, 0.05) is 12.3 Å². The lowest BCUT2D eigenvalue weighted by Gasteiger charge is -2.08. The van der Waals surface area contributed by atoms with Gasteiger partial charge in [-0.1, -0.05) is 32.0 Å². The number of rotatable bonds is 4. The Morgan fingerprint density at radius 1 is 1.08 bits per heavy atom. The predicted molar refractivity (Wildman–Crippen MR) is 92.9 cm³/mol. The van der Waals surface area contributed by atoms with E-state index in [9.17, 15) is 13.2 Å². The third kappa shape index (κ3) is 3.23. The molecular weight excluding hydrogens is 324 g/mol. The Labute approximate surface area is 140 Å². The van der Waals surface area contributed by atoms with Crippen LogP contribution >= 0.6 is 0 Å². The van der Waals surface area contributed by atoms with Gasteiger partial charge in [0.25, 0.3) is 5.56 Å². The van der Waals surface area contributed by atoms with E-state index < -0.39 is 9.84 Å². The normalized spacial score (nSPS) is 12.0. The summed E-state index contributed by atoms with van der Waals surface area (Å²) in [5.41, 5.74) is 1.47. The molecule has 3 rings (SSSR count). The molecule has 124 valence electrons. The number of aromatic nitrogens is 2. The van der Waals surface area contributed by atoms with E-state index in [1.807, 2.05) is 12.1 Å². The minimum Gasteiger partial charge on any atom is -0.269 e. The van der Waals surface area contributed by atoms with Gasteiger partial charge >= 0.3 is 0 Å². The molecule has 0 radical (unpaired) electrons. The maximum absolute atomic E-state index is 12.6. The first-order valence-electron chi connectivity index (χ1n) is 7.67. The van der Waals surface area contributed by atoms with Crippen LogP contribution < -0.4 is 5.56 Å². The van der Waals surface area contributed by atoms with Crippen LogP contribution in [-0.2, 0) is 15.6 Å². The van der Waals surface area contributed by atoms with Crippen molar-refractivity contribution in [3.63, 3.8) is 0 Å². The van der Waals surface area contributed by atoms with Gasteiger partial charge in [-0.15, -0.1) is 0 Å². The molecule has 24 heavy (non-hydrogen) atoms. The van der Waals surface area contributed by atoms with Crippen LogP contribution in [0.25, 0.3) is 5.65 Å². The second-order valence-corrected chi connectivity index (χ2v) is 7.99. The summed E-state index contributed by atoms with van der Waals surface area (Å²) in [6.07, 6.45) is 1.60. The lowest BCUT2D eigenvalue weighted by molar-refractivity contribution is 0.594. The fourth-order valence-electron chi connectivity index (χ4n) is 2.52. The van der Waals surface area contributed by atoms with Gasteiger partial charge in [0.15, 0.2) is 9.84 Å². The third-order valence-electron chi connectivity index (χ3n) is 3.87. The standard InChI is InChI=1S/C18H18N2O3S/c1-13(2)14-6-8-16(9-7-14)24(22,23)12-15-11-18(21)20-10-4-3-5-17(20)19-15/h3-11,13H,12H2,1-2H3. The Hall–Kier alpha value is -2.47. The molecule has 2 aromatic heterocycles. The Balaban J connectivity index is 1.96. The second kappa shape index (κ2) is 6.20. The third-order valence-corrected chi connectivity index (χ3v) is 5.53. The summed E-state index contributed by atoms with van der Waals surface area (Å²) in [6, 6.07) is 13.3. The highest BCUT2D eigenvalue weighted by atomic mass is 32.2. The largest absolute Gasteiger partial charge is 0.269 e. The molecule has 0 unspecified atom stereocenters. The van der Waals surface area contributed by atoms with Crippen LogP contribution in [0.2, 0.25) is 0 Å². The first-order chi connectivity index (χ1) is 11.4. The van der Waals surface area contributed by atoms with Crippen molar-refractivity contribution < 1.29 is 8.42 Å². The number of pyridine rings is 1. The molecule has 0 aliphatic carbocycles. The molecule has 0 amide bonds. The van der Waals surface area contributed by atoms with Gasteiger partial charge in [0.1, 0.15) is 5.65 Å². The van der Waals surface area contributed by atoms with Gasteiger partial charge in [0.05, 0.1) is 16.3 Å². The van der Waals surface area contributed by atoms with Crippen LogP contribution in [0.3, 0.4) is 0 Å². The summed E-state index contributed by atoms with van der Waals surface area (Å²) >= 11 is 0. The molecule has 5 nitrogen and oxygen atoms in total. The van der Waals surface area contributed by atoms with Gasteiger partial charge in [-0.25, -0.2) is 13.4 Å². The molecule has 0 aliphatic rings. The molecule has 0 saturated heterocycles. The van der Waals surface area contributed by atoms with Crippen molar-refractivity contribution in [2.45, 2.75) is 30.4 Å². The quantitative estimate of drug-likeness (QED) is 0.731. The van der Waals surface area contributed by atoms with Crippen LogP contribution in [0, 0.1) is 0 Å². The minimum atomic E-state index is -3.55. The average molecular weight is 342 g/mol. The van der Waals surface area contributed by atoms with Crippen molar-refractivity contribution in [3.8, 4) is 0 Å². The highest BCUT2D eigenvalue weighted by Gasteiger charge is 2.17. The highest BCUT2D eigenvalue weighted by molar-refractivity contribution is 7.90. The Kier molecular flexibility index (Phi) is 4.24. The maximum Gasteiger partial charge on any atom is 0.258 e. The summed E-state index contributed by atoms with van der Waals surface area (Å²) in [4.78, 5) is 16.6. The van der Waals surface area contributed by atoms with Crippen molar-refractivity contribution >= 4 is 15.5 Å². The van der Waals surface area contributed by atoms with Crippen LogP contribution in [0.5, 0.6) is 0 Å². The zero-order valence-corrected chi connectivity index (χ0v) is 14.3. The van der Waals surface area contributed by atoms with Crippen molar-refractivity contribution in [1.82, 2.24) is 9.38 Å². The molecule has 3 aromatic rings. The number of hydrogen-bond acceptors (Lipinski definition) is 4. The molecule has 0 atom stereocenters. The monoisotopic (exact) mass is 342 g/mol. The summed E-state index contributed by atoms with van der Waals surface area (Å²) in [5.74, 6) is 0.0400. The number of benzene rings is 1. The van der Waals surface area contributed by atoms with Crippen LogP contribution in [0.4, 0.5) is 0 Å². The molecule has 0 saturated carbocycles. The lowest BCUT2D eigenvalue weighted by atomic mass is 10.0. The predicted octanol–water partition coefficient (Wildman–Crippen LogP) is 2.79. The number of nitrogens with zero attached hydrogens (tertiary/aromatic N) is 2. The van der Waals surface area contributed by atoms with E-state index in [4.69, 9.17) is 0 Å². The molecule has 0 fully saturated rings. The Morgan fingerprint density at radius 3 is 2.46 bits per heavy atom. The lowest BCUT2D eigenvalue weighted by Crippen LogP contribution is -2.17. The zero-order chi connectivity index (χ0) is 17.3. The smallest absolute Gasteiger partial charge is 0.258 e. The number of fused-ring (bicyclic) bond motifs is 1. The summed E-state index contributed by atoms with van der Waals surface area (Å²) in [6.45, 7) is 4.10. The van der Waals surface area contributed by atoms with Crippen molar-refractivity contribution in [3.05, 3.63) is 76.3 Å². The van der Waals surface area contributed by atoms with Gasteiger partial charge in [0.2, 0.25) is 0 Å². The van der Waals surface area contributed by atoms with E-state index in [0.29, 0.717) is 11.6 Å². The highest BCUT2D eigenvalue weighted by Crippen LogP contribution is 2.20. The fraction of sp³-hybridized carbons (Fsp3) is 0.222. The van der Waals surface area contributed by atoms with Crippen molar-refractivity contribution in [1.29, 1.82) is 0 Å². The fourth-order valence-corrected chi connectivity index (χ4v) is 3.77. The summed E-state index contributed by atoms with van der Waals surface area (Å²) in [5, 5.41) is 0. The van der Waals surface area contributed by atoms with Gasteiger partial charge in [-0.3, -0.25) is 9.20 Å². The number of sulfone groups is 1. The van der Waals surface area contributed by atoms with E-state index in [0.717, 1.165) is 5.56 Å². The van der Waals surface area contributed by atoms with E-state index in [2.05, 4.69) is 18.8 Å². The van der Waals surface area contributed by atoms with Gasteiger partial charge < -0.3 is 0 Å². The number of hydrogen-bond donors (Lipinski definition) is 0. The SMILES string of the molecule is CC(C)c1ccc(S(=O)(=O)Cc2cc(=O)n3ccccc3n2)cc1.